The molecule has 0 saturated carbocycles. The van der Waals surface area contributed by atoms with Gasteiger partial charge in [0, 0.05) is 10.4 Å². The summed E-state index contributed by atoms with van der Waals surface area (Å²) in [6, 6.07) is 15.7. The van der Waals surface area contributed by atoms with E-state index in [2.05, 4.69) is 15.5 Å². The van der Waals surface area contributed by atoms with E-state index < -0.39 is 26.7 Å². The minimum atomic E-state index is -4.53. The Labute approximate surface area is 228 Å². The van der Waals surface area contributed by atoms with Crippen LogP contribution < -0.4 is 10.1 Å². The lowest BCUT2D eigenvalue weighted by Gasteiger charge is -2.14. The highest BCUT2D eigenvalue weighted by Crippen LogP contribution is 2.41. The third-order valence-electron chi connectivity index (χ3n) is 5.59. The summed E-state index contributed by atoms with van der Waals surface area (Å²) in [5.41, 5.74) is 0.702. The fraction of sp³-hybridized carbons (Fsp3) is 0.115. The van der Waals surface area contributed by atoms with Crippen molar-refractivity contribution in [3.05, 3.63) is 81.8 Å². The van der Waals surface area contributed by atoms with Gasteiger partial charge in [0.1, 0.15) is 16.3 Å². The number of nitrogens with one attached hydrogen (secondary N) is 1. The number of rotatable bonds is 7. The van der Waals surface area contributed by atoms with Crippen molar-refractivity contribution in [3.63, 3.8) is 0 Å². The highest BCUT2D eigenvalue weighted by atomic mass is 35.5. The van der Waals surface area contributed by atoms with Crippen LogP contribution in [0.4, 0.5) is 17.1 Å². The zero-order chi connectivity index (χ0) is 27.6. The Bertz CT molecular complexity index is 1710. The molecule has 0 atom stereocenters. The van der Waals surface area contributed by atoms with Crippen LogP contribution in [0.3, 0.4) is 0 Å². The number of anilines is 1. The van der Waals surface area contributed by atoms with Crippen LogP contribution in [-0.2, 0) is 10.1 Å². The van der Waals surface area contributed by atoms with Gasteiger partial charge in [-0.1, -0.05) is 47.5 Å². The van der Waals surface area contributed by atoms with Crippen LogP contribution >= 0.6 is 23.2 Å². The number of hydrogen-bond donors (Lipinski definition) is 3. The number of aromatic hydroxyl groups is 1. The summed E-state index contributed by atoms with van der Waals surface area (Å²) in [5.74, 6) is -0.654. The summed E-state index contributed by atoms with van der Waals surface area (Å²) in [7, 11) is -4.53. The van der Waals surface area contributed by atoms with Gasteiger partial charge in [-0.05, 0) is 61.2 Å². The quantitative estimate of drug-likeness (QED) is 0.155. The van der Waals surface area contributed by atoms with Gasteiger partial charge in [-0.15, -0.1) is 5.11 Å². The third kappa shape index (κ3) is 5.58. The molecule has 12 heteroatoms. The minimum Gasteiger partial charge on any atom is -0.505 e. The molecule has 9 nitrogen and oxygen atoms in total. The van der Waals surface area contributed by atoms with E-state index in [-0.39, 0.29) is 27.5 Å². The minimum absolute atomic E-state index is 0.0127. The van der Waals surface area contributed by atoms with E-state index >= 15 is 0 Å². The predicted octanol–water partition coefficient (Wildman–Crippen LogP) is 7.47. The first-order valence-corrected chi connectivity index (χ1v) is 13.4. The van der Waals surface area contributed by atoms with Crippen molar-refractivity contribution in [3.8, 4) is 11.5 Å². The summed E-state index contributed by atoms with van der Waals surface area (Å²) in [6.45, 7) is 3.68. The maximum absolute atomic E-state index is 13.3. The lowest BCUT2D eigenvalue weighted by atomic mass is 10.0. The van der Waals surface area contributed by atoms with Gasteiger partial charge >= 0.3 is 0 Å². The van der Waals surface area contributed by atoms with E-state index in [1.807, 2.05) is 0 Å². The number of nitrogens with zero attached hydrogens (tertiary/aromatic N) is 2. The molecule has 4 aromatic rings. The van der Waals surface area contributed by atoms with Gasteiger partial charge < -0.3 is 15.2 Å². The largest absolute Gasteiger partial charge is 0.505 e. The van der Waals surface area contributed by atoms with Crippen molar-refractivity contribution in [2.24, 2.45) is 10.2 Å². The molecule has 1 amide bonds. The van der Waals surface area contributed by atoms with Gasteiger partial charge in [0.15, 0.2) is 5.75 Å². The number of phenols is 1. The van der Waals surface area contributed by atoms with Crippen LogP contribution in [0.1, 0.15) is 22.8 Å². The van der Waals surface area contributed by atoms with Crippen molar-refractivity contribution in [2.45, 2.75) is 18.7 Å². The molecule has 196 valence electrons. The molecule has 0 spiro atoms. The zero-order valence-corrected chi connectivity index (χ0v) is 22.4. The van der Waals surface area contributed by atoms with Crippen LogP contribution in [0.15, 0.2) is 75.8 Å². The molecule has 0 aliphatic rings. The fourth-order valence-corrected chi connectivity index (χ4v) is 4.97. The molecule has 3 N–H and O–H groups in total. The first kappa shape index (κ1) is 27.3. The Morgan fingerprint density at radius 2 is 1.79 bits per heavy atom. The van der Waals surface area contributed by atoms with Gasteiger partial charge in [0.05, 0.1) is 28.6 Å². The number of ether oxygens (including phenoxy) is 1. The summed E-state index contributed by atoms with van der Waals surface area (Å²) >= 11 is 12.2. The molecule has 0 aliphatic heterocycles. The number of carbonyl (C=O) groups excluding carboxylic acids is 1. The average molecular weight is 574 g/mol. The highest BCUT2D eigenvalue weighted by Gasteiger charge is 2.21. The Hall–Kier alpha value is -3.70. The van der Waals surface area contributed by atoms with Gasteiger partial charge in [-0.3, -0.25) is 9.35 Å². The summed E-state index contributed by atoms with van der Waals surface area (Å²) < 4.78 is 38.0. The molecular formula is C26H21Cl2N3O6S. The average Bonchev–Trinajstić information content (AvgIpc) is 2.86. The Morgan fingerprint density at radius 3 is 2.50 bits per heavy atom. The smallest absolute Gasteiger partial charge is 0.296 e. The molecule has 4 rings (SSSR count). The van der Waals surface area contributed by atoms with E-state index in [9.17, 15) is 22.9 Å². The van der Waals surface area contributed by atoms with Crippen LogP contribution in [0, 0.1) is 6.92 Å². The third-order valence-corrected chi connectivity index (χ3v) is 7.32. The Morgan fingerprint density at radius 1 is 1.05 bits per heavy atom. The second kappa shape index (κ2) is 11.0. The molecule has 0 fully saturated rings. The summed E-state index contributed by atoms with van der Waals surface area (Å²) in [4.78, 5) is 12.8. The molecular weight excluding hydrogens is 553 g/mol. The highest BCUT2D eigenvalue weighted by molar-refractivity contribution is 7.86. The first-order valence-electron chi connectivity index (χ1n) is 11.2. The number of hydrogen-bond acceptors (Lipinski definition) is 7. The number of benzene rings is 4. The lowest BCUT2D eigenvalue weighted by molar-refractivity contribution is 0.102. The second-order valence-electron chi connectivity index (χ2n) is 8.07. The molecule has 0 saturated heterocycles. The number of amides is 1. The normalized spacial score (nSPS) is 11.7. The van der Waals surface area contributed by atoms with E-state index in [1.165, 1.54) is 25.1 Å². The molecule has 0 radical (unpaired) electrons. The topological polar surface area (TPSA) is 138 Å². The standard InChI is InChI=1S/C26H21Cl2N3O6S/c1-3-37-21-10-8-16(27)13-20(21)29-26(33)18-12-15-6-4-5-7-17(15)24(25(18)32)31-30-19-9-11-22(38(34,35)36)23(28)14(19)2/h4-13,32H,3H2,1-2H3,(H,29,33)(H,34,35,36). The molecule has 38 heavy (non-hydrogen) atoms. The van der Waals surface area contributed by atoms with Gasteiger partial charge in [0.2, 0.25) is 0 Å². The maximum Gasteiger partial charge on any atom is 0.296 e. The Balaban J connectivity index is 1.79. The number of fused-ring (bicyclic) bond motifs is 1. The van der Waals surface area contributed by atoms with Crippen LogP contribution in [0.5, 0.6) is 11.5 Å². The summed E-state index contributed by atoms with van der Waals surface area (Å²) in [6.07, 6.45) is 0. The zero-order valence-electron chi connectivity index (χ0n) is 20.1. The van der Waals surface area contributed by atoms with Gasteiger partial charge in [0.25, 0.3) is 16.0 Å². The van der Waals surface area contributed by atoms with Gasteiger partial charge in [-0.2, -0.15) is 13.5 Å². The second-order valence-corrected chi connectivity index (χ2v) is 10.3. The number of halogens is 2. The number of phenolic OH excluding ortho intramolecular Hbond substituents is 1. The maximum atomic E-state index is 13.3. The molecule has 0 aliphatic carbocycles. The van der Waals surface area contributed by atoms with E-state index in [1.54, 1.807) is 43.3 Å². The Kier molecular flexibility index (Phi) is 7.89. The number of azo groups is 1. The van der Waals surface area contributed by atoms with Crippen molar-refractivity contribution in [1.82, 2.24) is 0 Å². The molecule has 0 aromatic heterocycles. The first-order chi connectivity index (χ1) is 18.0. The monoisotopic (exact) mass is 573 g/mol. The number of carbonyl (C=O) groups is 1. The van der Waals surface area contributed by atoms with Crippen LogP contribution in [0.25, 0.3) is 10.8 Å². The van der Waals surface area contributed by atoms with E-state index in [0.29, 0.717) is 33.8 Å². The molecule has 0 heterocycles. The lowest BCUT2D eigenvalue weighted by Crippen LogP contribution is -2.13. The molecule has 4 aromatic carbocycles. The van der Waals surface area contributed by atoms with Crippen LogP contribution in [-0.4, -0.2) is 30.6 Å². The van der Waals surface area contributed by atoms with E-state index in [4.69, 9.17) is 27.9 Å². The summed E-state index contributed by atoms with van der Waals surface area (Å²) in [5, 5.41) is 23.4. The predicted molar refractivity (Wildman–Crippen MR) is 146 cm³/mol. The molecule has 0 bridgehead atoms. The van der Waals surface area contributed by atoms with Crippen molar-refractivity contribution < 1.29 is 27.6 Å². The fourth-order valence-electron chi connectivity index (χ4n) is 3.72. The van der Waals surface area contributed by atoms with Crippen molar-refractivity contribution in [2.75, 3.05) is 11.9 Å². The SMILES string of the molecule is CCOc1ccc(Cl)cc1NC(=O)c1cc2ccccc2c(N=Nc2ccc(S(=O)(=O)O)c(Cl)c2C)c1O. The van der Waals surface area contributed by atoms with Crippen molar-refractivity contribution in [1.29, 1.82) is 0 Å². The molecule has 0 unspecified atom stereocenters. The van der Waals surface area contributed by atoms with Gasteiger partial charge in [-0.25, -0.2) is 0 Å². The van der Waals surface area contributed by atoms with E-state index in [0.717, 1.165) is 6.07 Å². The van der Waals surface area contributed by atoms with Crippen molar-refractivity contribution >= 4 is 67.1 Å². The van der Waals surface area contributed by atoms with Crippen LogP contribution in [0.2, 0.25) is 10.0 Å².